The zero-order valence-corrected chi connectivity index (χ0v) is 16.7. The fourth-order valence-corrected chi connectivity index (χ4v) is 3.43. The normalized spacial score (nSPS) is 15.7. The maximum atomic E-state index is 12.2. The van der Waals surface area contributed by atoms with Crippen LogP contribution in [0.15, 0.2) is 54.6 Å². The van der Waals surface area contributed by atoms with Crippen molar-refractivity contribution in [3.8, 4) is 5.75 Å². The van der Waals surface area contributed by atoms with Gasteiger partial charge in [0.15, 0.2) is 0 Å². The fraction of sp³-hybridized carbons (Fsp3) is 0.409. The number of nitrogens with one attached hydrogen (secondary N) is 2. The zero-order chi connectivity index (χ0) is 19.8. The molecule has 28 heavy (non-hydrogen) atoms. The molecule has 6 heteroatoms. The average molecular weight is 383 g/mol. The lowest BCUT2D eigenvalue weighted by Crippen LogP contribution is -2.52. The van der Waals surface area contributed by atoms with E-state index in [9.17, 15) is 4.79 Å². The van der Waals surface area contributed by atoms with Crippen LogP contribution in [0.4, 0.5) is 16.2 Å². The van der Waals surface area contributed by atoms with Crippen molar-refractivity contribution in [2.75, 3.05) is 49.5 Å². The van der Waals surface area contributed by atoms with Gasteiger partial charge in [0.2, 0.25) is 0 Å². The van der Waals surface area contributed by atoms with Gasteiger partial charge in [0.25, 0.3) is 0 Å². The van der Waals surface area contributed by atoms with E-state index in [1.54, 1.807) is 0 Å². The molecule has 0 radical (unpaired) electrons. The van der Waals surface area contributed by atoms with E-state index in [0.717, 1.165) is 37.6 Å². The zero-order valence-electron chi connectivity index (χ0n) is 16.7. The number of anilines is 2. The highest BCUT2D eigenvalue weighted by molar-refractivity contribution is 5.89. The molecule has 6 nitrogen and oxygen atoms in total. The summed E-state index contributed by atoms with van der Waals surface area (Å²) in [6, 6.07) is 18.1. The summed E-state index contributed by atoms with van der Waals surface area (Å²) in [7, 11) is 0. The topological polar surface area (TPSA) is 56.8 Å². The van der Waals surface area contributed by atoms with Crippen LogP contribution in [0.1, 0.15) is 13.8 Å². The Morgan fingerprint density at radius 1 is 1.07 bits per heavy atom. The molecule has 0 aliphatic carbocycles. The highest BCUT2D eigenvalue weighted by Crippen LogP contribution is 2.18. The molecular formula is C22H30N4O2. The van der Waals surface area contributed by atoms with Crippen LogP contribution in [0.25, 0.3) is 0 Å². The number of urea groups is 1. The Kier molecular flexibility index (Phi) is 7.14. The monoisotopic (exact) mass is 382 g/mol. The largest absolute Gasteiger partial charge is 0.494 e. The van der Waals surface area contributed by atoms with Gasteiger partial charge in [-0.25, -0.2) is 4.79 Å². The molecule has 0 spiro atoms. The minimum atomic E-state index is -0.191. The molecule has 2 amide bonds. The second kappa shape index (κ2) is 9.99. The van der Waals surface area contributed by atoms with Crippen molar-refractivity contribution in [2.45, 2.75) is 19.9 Å². The van der Waals surface area contributed by atoms with E-state index in [-0.39, 0.29) is 6.03 Å². The highest BCUT2D eigenvalue weighted by Gasteiger charge is 2.21. The summed E-state index contributed by atoms with van der Waals surface area (Å²) >= 11 is 0. The number of benzene rings is 2. The Balaban J connectivity index is 1.41. The molecule has 1 aliphatic heterocycles. The number of hydrogen-bond donors (Lipinski definition) is 2. The minimum Gasteiger partial charge on any atom is -0.494 e. The summed E-state index contributed by atoms with van der Waals surface area (Å²) in [5.74, 6) is 0.755. The lowest BCUT2D eigenvalue weighted by molar-refractivity contribution is 0.192. The van der Waals surface area contributed by atoms with E-state index in [1.165, 1.54) is 5.69 Å². The lowest BCUT2D eigenvalue weighted by Gasteiger charge is -2.39. The van der Waals surface area contributed by atoms with Crippen molar-refractivity contribution >= 4 is 17.4 Å². The molecule has 1 saturated heterocycles. The first-order valence-corrected chi connectivity index (χ1v) is 9.97. The van der Waals surface area contributed by atoms with Gasteiger partial charge in [-0.15, -0.1) is 0 Å². The Morgan fingerprint density at radius 2 is 1.82 bits per heavy atom. The molecule has 2 N–H and O–H groups in total. The van der Waals surface area contributed by atoms with Crippen molar-refractivity contribution < 1.29 is 9.53 Å². The van der Waals surface area contributed by atoms with E-state index in [4.69, 9.17) is 4.74 Å². The molecule has 150 valence electrons. The Morgan fingerprint density at radius 3 is 2.54 bits per heavy atom. The van der Waals surface area contributed by atoms with Crippen LogP contribution in [0.2, 0.25) is 0 Å². The third kappa shape index (κ3) is 5.63. The molecule has 3 rings (SSSR count). The number of nitrogens with zero attached hydrogens (tertiary/aromatic N) is 2. The molecule has 2 aromatic rings. The van der Waals surface area contributed by atoms with E-state index in [1.807, 2.05) is 37.3 Å². The summed E-state index contributed by atoms with van der Waals surface area (Å²) in [6.07, 6.45) is 0. The van der Waals surface area contributed by atoms with Gasteiger partial charge in [-0.05, 0) is 38.1 Å². The standard InChI is InChI=1S/C22H30N4O2/c1-3-28-21-11-7-8-19(16-21)24-22(27)23-17-18(2)25-12-14-26(15-13-25)20-9-5-4-6-10-20/h4-11,16,18H,3,12-15,17H2,1-2H3,(H2,23,24,27). The summed E-state index contributed by atoms with van der Waals surface area (Å²) in [5.41, 5.74) is 2.01. The summed E-state index contributed by atoms with van der Waals surface area (Å²) in [4.78, 5) is 17.1. The second-order valence-corrected chi connectivity index (χ2v) is 7.00. The molecule has 0 saturated carbocycles. The third-order valence-corrected chi connectivity index (χ3v) is 5.02. The number of carbonyl (C=O) groups excluding carboxylic acids is 1. The van der Waals surface area contributed by atoms with Crippen LogP contribution in [-0.4, -0.2) is 56.3 Å². The van der Waals surface area contributed by atoms with Crippen LogP contribution >= 0.6 is 0 Å². The molecule has 1 fully saturated rings. The smallest absolute Gasteiger partial charge is 0.319 e. The number of hydrogen-bond acceptors (Lipinski definition) is 4. The number of para-hydroxylation sites is 1. The summed E-state index contributed by atoms with van der Waals surface area (Å²) < 4.78 is 5.46. The van der Waals surface area contributed by atoms with Gasteiger partial charge in [-0.3, -0.25) is 4.90 Å². The van der Waals surface area contributed by atoms with Crippen molar-refractivity contribution in [1.29, 1.82) is 0 Å². The average Bonchev–Trinajstić information content (AvgIpc) is 2.73. The van der Waals surface area contributed by atoms with Gasteiger partial charge < -0.3 is 20.3 Å². The predicted molar refractivity (Wildman–Crippen MR) is 114 cm³/mol. The maximum absolute atomic E-state index is 12.2. The predicted octanol–water partition coefficient (Wildman–Crippen LogP) is 3.42. The third-order valence-electron chi connectivity index (χ3n) is 5.02. The first-order valence-electron chi connectivity index (χ1n) is 9.97. The maximum Gasteiger partial charge on any atom is 0.319 e. The number of rotatable bonds is 7. The second-order valence-electron chi connectivity index (χ2n) is 7.00. The molecule has 0 aromatic heterocycles. The van der Waals surface area contributed by atoms with Gasteiger partial charge in [-0.2, -0.15) is 0 Å². The number of amides is 2. The number of carbonyl (C=O) groups is 1. The molecule has 1 heterocycles. The van der Waals surface area contributed by atoms with Crippen LogP contribution in [0, 0.1) is 0 Å². The van der Waals surface area contributed by atoms with Crippen molar-refractivity contribution in [1.82, 2.24) is 10.2 Å². The number of ether oxygens (including phenoxy) is 1. The van der Waals surface area contributed by atoms with E-state index in [0.29, 0.717) is 19.2 Å². The highest BCUT2D eigenvalue weighted by atomic mass is 16.5. The van der Waals surface area contributed by atoms with Crippen LogP contribution < -0.4 is 20.3 Å². The molecule has 1 aliphatic rings. The molecule has 1 atom stereocenters. The van der Waals surface area contributed by atoms with Gasteiger partial charge in [0.1, 0.15) is 5.75 Å². The Hall–Kier alpha value is -2.73. The van der Waals surface area contributed by atoms with E-state index >= 15 is 0 Å². The van der Waals surface area contributed by atoms with Gasteiger partial charge >= 0.3 is 6.03 Å². The molecule has 1 unspecified atom stereocenters. The summed E-state index contributed by atoms with van der Waals surface area (Å²) in [6.45, 7) is 9.32. The van der Waals surface area contributed by atoms with Gasteiger partial charge in [0, 0.05) is 56.2 Å². The van der Waals surface area contributed by atoms with Crippen molar-refractivity contribution in [2.24, 2.45) is 0 Å². The van der Waals surface area contributed by atoms with Crippen LogP contribution in [0.5, 0.6) is 5.75 Å². The quantitative estimate of drug-likeness (QED) is 0.770. The Bertz CT molecular complexity index is 745. The van der Waals surface area contributed by atoms with Crippen molar-refractivity contribution in [3.63, 3.8) is 0 Å². The van der Waals surface area contributed by atoms with Crippen molar-refractivity contribution in [3.05, 3.63) is 54.6 Å². The first kappa shape index (κ1) is 20.0. The Labute approximate surface area is 167 Å². The molecule has 0 bridgehead atoms. The summed E-state index contributed by atoms with van der Waals surface area (Å²) in [5, 5.41) is 5.85. The van der Waals surface area contributed by atoms with Gasteiger partial charge in [-0.1, -0.05) is 24.3 Å². The molecule has 2 aromatic carbocycles. The SMILES string of the molecule is CCOc1cccc(NC(=O)NCC(C)N2CCN(c3ccccc3)CC2)c1. The van der Waals surface area contributed by atoms with E-state index < -0.39 is 0 Å². The molecular weight excluding hydrogens is 352 g/mol. The van der Waals surface area contributed by atoms with Crippen LogP contribution in [0.3, 0.4) is 0 Å². The van der Waals surface area contributed by atoms with E-state index in [2.05, 4.69) is 51.6 Å². The fourth-order valence-electron chi connectivity index (χ4n) is 3.43. The van der Waals surface area contributed by atoms with Crippen LogP contribution in [-0.2, 0) is 0 Å². The van der Waals surface area contributed by atoms with Gasteiger partial charge in [0.05, 0.1) is 6.61 Å². The number of piperazine rings is 1. The first-order chi connectivity index (χ1) is 13.7. The minimum absolute atomic E-state index is 0.191. The lowest BCUT2D eigenvalue weighted by atomic mass is 10.2.